The fourth-order valence-corrected chi connectivity index (χ4v) is 5.92. The maximum absolute atomic E-state index is 13.6. The second kappa shape index (κ2) is 10.4. The zero-order valence-electron chi connectivity index (χ0n) is 20.4. The largest absolute Gasteiger partial charge is 0.450 e. The van der Waals surface area contributed by atoms with Gasteiger partial charge < -0.3 is 19.1 Å². The van der Waals surface area contributed by atoms with Gasteiger partial charge in [0.2, 0.25) is 0 Å². The van der Waals surface area contributed by atoms with Gasteiger partial charge in [-0.15, -0.1) is 0 Å². The number of amides is 2. The number of carbonyl (C=O) groups is 2. The molecule has 2 fully saturated rings. The van der Waals surface area contributed by atoms with Gasteiger partial charge >= 0.3 is 6.09 Å². The predicted octanol–water partition coefficient (Wildman–Crippen LogP) is 3.82. The lowest BCUT2D eigenvalue weighted by atomic mass is 10.1. The molecule has 2 aliphatic rings. The molecule has 4 rings (SSSR count). The van der Waals surface area contributed by atoms with E-state index in [9.17, 15) is 14.4 Å². The molecule has 1 atom stereocenters. The van der Waals surface area contributed by atoms with Crippen molar-refractivity contribution < 1.29 is 14.3 Å². The first-order chi connectivity index (χ1) is 16.8. The molecule has 1 unspecified atom stereocenters. The number of thioether (sulfide) groups is 1. The number of benzene rings is 1. The number of para-hydroxylation sites is 1. The highest BCUT2D eigenvalue weighted by Crippen LogP contribution is 2.37. The van der Waals surface area contributed by atoms with Crippen LogP contribution < -0.4 is 10.5 Å². The predicted molar refractivity (Wildman–Crippen MR) is 145 cm³/mol. The standard InChI is InChI=1S/C25H30N4O4S2/c1-5-16(3)29-23(31)20(35-25(29)34)15-18-21(17-9-7-8-10-19(17)26(4)22(18)30)27-11-13-28(14-12-27)24(32)33-6-2/h7-10,15-16H,5-6,11-14H2,1-4H3. The van der Waals surface area contributed by atoms with E-state index >= 15 is 0 Å². The molecule has 2 saturated heterocycles. The molecular weight excluding hydrogens is 484 g/mol. The van der Waals surface area contributed by atoms with Gasteiger partial charge in [0.05, 0.1) is 28.3 Å². The van der Waals surface area contributed by atoms with Crippen molar-refractivity contribution >= 4 is 63.0 Å². The highest BCUT2D eigenvalue weighted by atomic mass is 32.2. The third kappa shape index (κ3) is 4.69. The SMILES string of the molecule is CCOC(=O)N1CCN(c2c(C=C3SC(=S)N(C(C)CC)C3=O)c(=O)n(C)c3ccccc23)CC1. The van der Waals surface area contributed by atoms with Crippen molar-refractivity contribution in [2.75, 3.05) is 37.7 Å². The second-order valence-electron chi connectivity index (χ2n) is 8.63. The van der Waals surface area contributed by atoms with Crippen LogP contribution in [-0.4, -0.2) is 69.5 Å². The van der Waals surface area contributed by atoms with E-state index in [1.54, 1.807) is 34.4 Å². The van der Waals surface area contributed by atoms with Crippen molar-refractivity contribution in [1.82, 2.24) is 14.4 Å². The molecular formula is C25H30N4O4S2. The number of aryl methyl sites for hydroxylation is 1. The summed E-state index contributed by atoms with van der Waals surface area (Å²) >= 11 is 6.73. The minimum absolute atomic E-state index is 0.0109. The molecule has 8 nitrogen and oxygen atoms in total. The minimum Gasteiger partial charge on any atom is -0.450 e. The number of thiocarbonyl (C=S) groups is 1. The van der Waals surface area contributed by atoms with Crippen LogP contribution in [-0.2, 0) is 16.6 Å². The summed E-state index contributed by atoms with van der Waals surface area (Å²) in [6.45, 7) is 8.16. The number of aromatic nitrogens is 1. The molecule has 0 spiro atoms. The van der Waals surface area contributed by atoms with E-state index in [1.807, 2.05) is 38.1 Å². The first-order valence-corrected chi connectivity index (χ1v) is 13.1. The molecule has 0 radical (unpaired) electrons. The molecule has 0 saturated carbocycles. The summed E-state index contributed by atoms with van der Waals surface area (Å²) in [7, 11) is 1.74. The highest BCUT2D eigenvalue weighted by molar-refractivity contribution is 8.26. The summed E-state index contributed by atoms with van der Waals surface area (Å²) < 4.78 is 7.28. The van der Waals surface area contributed by atoms with Crippen LogP contribution in [0.25, 0.3) is 17.0 Å². The van der Waals surface area contributed by atoms with Crippen molar-refractivity contribution in [2.24, 2.45) is 7.05 Å². The van der Waals surface area contributed by atoms with Gasteiger partial charge in [0, 0.05) is 44.7 Å². The number of anilines is 1. The molecule has 1 aromatic carbocycles. The lowest BCUT2D eigenvalue weighted by Gasteiger charge is -2.36. The first-order valence-electron chi connectivity index (χ1n) is 11.8. The number of fused-ring (bicyclic) bond motifs is 1. The van der Waals surface area contributed by atoms with Crippen molar-refractivity contribution in [2.45, 2.75) is 33.2 Å². The Morgan fingerprint density at radius 1 is 1.17 bits per heavy atom. The topological polar surface area (TPSA) is 75.1 Å². The molecule has 2 aromatic rings. The average molecular weight is 515 g/mol. The highest BCUT2D eigenvalue weighted by Gasteiger charge is 2.35. The monoisotopic (exact) mass is 514 g/mol. The second-order valence-corrected chi connectivity index (χ2v) is 10.3. The van der Waals surface area contributed by atoms with Crippen molar-refractivity contribution in [3.05, 3.63) is 45.1 Å². The Morgan fingerprint density at radius 3 is 2.51 bits per heavy atom. The normalized spacial score (nSPS) is 18.6. The molecule has 0 aliphatic carbocycles. The van der Waals surface area contributed by atoms with E-state index in [-0.39, 0.29) is 23.6 Å². The Hall–Kier alpha value is -2.85. The molecule has 2 aliphatic heterocycles. The molecule has 35 heavy (non-hydrogen) atoms. The molecule has 0 bridgehead atoms. The van der Waals surface area contributed by atoms with Crippen LogP contribution in [0.3, 0.4) is 0 Å². The fraction of sp³-hybridized carbons (Fsp3) is 0.440. The number of pyridine rings is 1. The summed E-state index contributed by atoms with van der Waals surface area (Å²) in [5, 5.41) is 0.919. The lowest BCUT2D eigenvalue weighted by molar-refractivity contribution is -0.123. The number of hydrogen-bond donors (Lipinski definition) is 0. The fourth-order valence-electron chi connectivity index (χ4n) is 4.47. The number of ether oxygens (including phenoxy) is 1. The maximum atomic E-state index is 13.6. The van der Waals surface area contributed by atoms with E-state index < -0.39 is 0 Å². The summed E-state index contributed by atoms with van der Waals surface area (Å²) in [6, 6.07) is 7.74. The Balaban J connectivity index is 1.80. The van der Waals surface area contributed by atoms with Crippen LogP contribution in [0.2, 0.25) is 0 Å². The van der Waals surface area contributed by atoms with Crippen LogP contribution in [0.1, 0.15) is 32.8 Å². The average Bonchev–Trinajstić information content (AvgIpc) is 3.14. The van der Waals surface area contributed by atoms with E-state index in [4.69, 9.17) is 17.0 Å². The molecule has 1 aromatic heterocycles. The molecule has 0 N–H and O–H groups in total. The third-order valence-corrected chi connectivity index (χ3v) is 7.89. The van der Waals surface area contributed by atoms with E-state index in [1.165, 1.54) is 11.8 Å². The lowest BCUT2D eigenvalue weighted by Crippen LogP contribution is -2.49. The number of carbonyl (C=O) groups excluding carboxylic acids is 2. The smallest absolute Gasteiger partial charge is 0.409 e. The first kappa shape index (κ1) is 25.2. The minimum atomic E-state index is -0.324. The van der Waals surface area contributed by atoms with Crippen molar-refractivity contribution in [3.8, 4) is 0 Å². The van der Waals surface area contributed by atoms with Crippen LogP contribution in [0.15, 0.2) is 34.0 Å². The Morgan fingerprint density at radius 2 is 1.86 bits per heavy atom. The quantitative estimate of drug-likeness (QED) is 0.444. The van der Waals surface area contributed by atoms with E-state index in [2.05, 4.69) is 4.90 Å². The Kier molecular flexibility index (Phi) is 7.51. The summed E-state index contributed by atoms with van der Waals surface area (Å²) in [4.78, 5) is 44.9. The van der Waals surface area contributed by atoms with E-state index in [0.717, 1.165) is 23.0 Å². The van der Waals surface area contributed by atoms with Crippen molar-refractivity contribution in [3.63, 3.8) is 0 Å². The van der Waals surface area contributed by atoms with Crippen LogP contribution in [0.5, 0.6) is 0 Å². The maximum Gasteiger partial charge on any atom is 0.409 e. The van der Waals surface area contributed by atoms with Crippen LogP contribution >= 0.6 is 24.0 Å². The number of hydrogen-bond acceptors (Lipinski definition) is 7. The summed E-state index contributed by atoms with van der Waals surface area (Å²) in [5.74, 6) is -0.164. The van der Waals surface area contributed by atoms with Gasteiger partial charge in [0.25, 0.3) is 11.5 Å². The zero-order valence-corrected chi connectivity index (χ0v) is 22.1. The summed E-state index contributed by atoms with van der Waals surface area (Å²) in [5.41, 5.74) is 1.87. The van der Waals surface area contributed by atoms with Gasteiger partial charge in [-0.3, -0.25) is 14.5 Å². The van der Waals surface area contributed by atoms with Gasteiger partial charge in [0.1, 0.15) is 4.32 Å². The number of nitrogens with zero attached hydrogens (tertiary/aromatic N) is 4. The van der Waals surface area contributed by atoms with Crippen molar-refractivity contribution in [1.29, 1.82) is 0 Å². The van der Waals surface area contributed by atoms with Gasteiger partial charge in [-0.1, -0.05) is 49.1 Å². The Bertz CT molecular complexity index is 1260. The van der Waals surface area contributed by atoms with Gasteiger partial charge in [-0.25, -0.2) is 4.79 Å². The zero-order chi connectivity index (χ0) is 25.3. The molecule has 3 heterocycles. The van der Waals surface area contributed by atoms with E-state index in [0.29, 0.717) is 47.6 Å². The van der Waals surface area contributed by atoms with Gasteiger partial charge in [-0.2, -0.15) is 0 Å². The third-order valence-electron chi connectivity index (χ3n) is 6.56. The number of rotatable bonds is 5. The summed E-state index contributed by atoms with van der Waals surface area (Å²) in [6.07, 6.45) is 2.16. The van der Waals surface area contributed by atoms with Crippen LogP contribution in [0, 0.1) is 0 Å². The Labute approximate surface area is 214 Å². The molecule has 186 valence electrons. The van der Waals surface area contributed by atoms with Crippen LogP contribution in [0.4, 0.5) is 10.5 Å². The molecule has 10 heteroatoms. The van der Waals surface area contributed by atoms with Gasteiger partial charge in [0.15, 0.2) is 0 Å². The molecule has 2 amide bonds. The van der Waals surface area contributed by atoms with Gasteiger partial charge in [-0.05, 0) is 32.4 Å². The number of piperazine rings is 1.